The maximum absolute atomic E-state index is 13.1. The molecular weight excluding hydrogens is 379 g/mol. The summed E-state index contributed by atoms with van der Waals surface area (Å²) in [6, 6.07) is 13.9. The molecule has 0 aliphatic rings. The number of aromatic amines is 1. The number of halogens is 1. The third kappa shape index (κ3) is 4.75. The number of aromatic nitrogens is 2. The molecule has 0 aliphatic heterocycles. The summed E-state index contributed by atoms with van der Waals surface area (Å²) in [5.41, 5.74) is 1.18. The van der Waals surface area contributed by atoms with Crippen molar-refractivity contribution in [1.82, 2.24) is 15.3 Å². The van der Waals surface area contributed by atoms with Crippen LogP contribution in [0, 0.1) is 17.1 Å². The Morgan fingerprint density at radius 2 is 2.03 bits per heavy atom. The Morgan fingerprint density at radius 1 is 1.24 bits per heavy atom. The number of carbonyl (C=O) groups is 2. The molecule has 3 rings (SSSR count). The quantitative estimate of drug-likeness (QED) is 0.335. The first kappa shape index (κ1) is 19.6. The van der Waals surface area contributed by atoms with E-state index in [0.717, 1.165) is 6.07 Å². The minimum absolute atomic E-state index is 0.0530. The third-order valence-corrected chi connectivity index (χ3v) is 3.88. The number of nitrogens with zero attached hydrogens (tertiary/aromatic N) is 2. The lowest BCUT2D eigenvalue weighted by molar-refractivity contribution is -0.142. The number of H-pyrrole nitrogens is 1. The van der Waals surface area contributed by atoms with E-state index in [4.69, 9.17) is 4.74 Å². The Labute approximate surface area is 164 Å². The van der Waals surface area contributed by atoms with Crippen molar-refractivity contribution in [3.8, 4) is 6.07 Å². The highest BCUT2D eigenvalue weighted by molar-refractivity contribution is 5.95. The molecule has 1 heterocycles. The number of hydrogen-bond acceptors (Lipinski definition) is 6. The molecule has 0 saturated carbocycles. The average Bonchev–Trinajstić information content (AvgIpc) is 3.14. The summed E-state index contributed by atoms with van der Waals surface area (Å²) in [6.45, 7) is -1.07. The summed E-state index contributed by atoms with van der Waals surface area (Å²) >= 11 is 0. The summed E-state index contributed by atoms with van der Waals surface area (Å²) in [5.74, 6) is -2.42. The molecule has 8 nitrogen and oxygen atoms in total. The number of allylic oxidation sites excluding steroid dienone is 1. The van der Waals surface area contributed by atoms with Crippen LogP contribution < -0.4 is 5.32 Å². The smallest absolute Gasteiger partial charge is 0.325 e. The van der Waals surface area contributed by atoms with Crippen LogP contribution in [0.3, 0.4) is 0 Å². The molecule has 0 aliphatic carbocycles. The van der Waals surface area contributed by atoms with E-state index in [1.807, 2.05) is 6.07 Å². The SMILES string of the molecule is N#C/C(=C(/O)COC(=O)CNC(=O)c1cccc(F)c1)c1nc2ccccc2[nH]1. The minimum Gasteiger partial charge on any atom is -0.507 e. The van der Waals surface area contributed by atoms with Crippen LogP contribution in [-0.2, 0) is 9.53 Å². The van der Waals surface area contributed by atoms with Crippen LogP contribution in [0.5, 0.6) is 0 Å². The van der Waals surface area contributed by atoms with E-state index in [0.29, 0.717) is 11.0 Å². The van der Waals surface area contributed by atoms with Gasteiger partial charge in [0.2, 0.25) is 0 Å². The number of nitriles is 1. The van der Waals surface area contributed by atoms with Gasteiger partial charge in [0.1, 0.15) is 30.6 Å². The lowest BCUT2D eigenvalue weighted by atomic mass is 10.2. The standard InChI is InChI=1S/C20H15FN4O4/c21-13-5-3-4-12(8-13)20(28)23-10-18(27)29-11-17(26)14(9-22)19-24-15-6-1-2-7-16(15)25-19/h1-8,26H,10-11H2,(H,23,28)(H,24,25)/b17-14-. The number of benzene rings is 2. The molecule has 0 bridgehead atoms. The Kier molecular flexibility index (Phi) is 5.85. The Bertz CT molecular complexity index is 1110. The van der Waals surface area contributed by atoms with Gasteiger partial charge in [-0.25, -0.2) is 9.37 Å². The number of hydrogen-bond donors (Lipinski definition) is 3. The fraction of sp³-hybridized carbons (Fsp3) is 0.100. The van der Waals surface area contributed by atoms with Crippen molar-refractivity contribution in [1.29, 1.82) is 5.26 Å². The molecule has 29 heavy (non-hydrogen) atoms. The van der Waals surface area contributed by atoms with Crippen LogP contribution in [0.15, 0.2) is 54.3 Å². The fourth-order valence-electron chi connectivity index (χ4n) is 2.48. The Morgan fingerprint density at radius 3 is 2.76 bits per heavy atom. The van der Waals surface area contributed by atoms with E-state index in [9.17, 15) is 24.3 Å². The molecular formula is C20H15FN4O4. The molecule has 3 aromatic rings. The van der Waals surface area contributed by atoms with Gasteiger partial charge in [0.25, 0.3) is 5.91 Å². The summed E-state index contributed by atoms with van der Waals surface area (Å²) < 4.78 is 18.0. The lowest BCUT2D eigenvalue weighted by Crippen LogP contribution is -2.31. The fourth-order valence-corrected chi connectivity index (χ4v) is 2.48. The van der Waals surface area contributed by atoms with E-state index < -0.39 is 36.6 Å². The van der Waals surface area contributed by atoms with Crippen LogP contribution >= 0.6 is 0 Å². The lowest BCUT2D eigenvalue weighted by Gasteiger charge is -2.07. The molecule has 9 heteroatoms. The zero-order chi connectivity index (χ0) is 20.8. The number of fused-ring (bicyclic) bond motifs is 1. The number of aliphatic hydroxyl groups is 1. The van der Waals surface area contributed by atoms with Crippen molar-refractivity contribution in [2.24, 2.45) is 0 Å². The molecule has 0 spiro atoms. The largest absolute Gasteiger partial charge is 0.507 e. The van der Waals surface area contributed by atoms with E-state index >= 15 is 0 Å². The van der Waals surface area contributed by atoms with E-state index in [2.05, 4.69) is 15.3 Å². The summed E-state index contributed by atoms with van der Waals surface area (Å²) in [6.07, 6.45) is 0. The maximum atomic E-state index is 13.1. The van der Waals surface area contributed by atoms with Gasteiger partial charge in [0.15, 0.2) is 11.6 Å². The van der Waals surface area contributed by atoms with E-state index in [-0.39, 0.29) is 17.0 Å². The molecule has 1 aromatic heterocycles. The Balaban J connectivity index is 1.59. The predicted molar refractivity (Wildman–Crippen MR) is 101 cm³/mol. The molecule has 0 saturated heterocycles. The molecule has 0 radical (unpaired) electrons. The highest BCUT2D eigenvalue weighted by Crippen LogP contribution is 2.18. The topological polar surface area (TPSA) is 128 Å². The molecule has 146 valence electrons. The number of para-hydroxylation sites is 2. The average molecular weight is 394 g/mol. The minimum atomic E-state index is -0.844. The number of ether oxygens (including phenoxy) is 1. The van der Waals surface area contributed by atoms with Crippen LogP contribution in [0.1, 0.15) is 16.2 Å². The summed E-state index contributed by atoms with van der Waals surface area (Å²) in [4.78, 5) is 30.8. The van der Waals surface area contributed by atoms with Gasteiger partial charge in [-0.05, 0) is 30.3 Å². The highest BCUT2D eigenvalue weighted by Gasteiger charge is 2.15. The van der Waals surface area contributed by atoms with Gasteiger partial charge in [-0.1, -0.05) is 18.2 Å². The number of carbonyl (C=O) groups excluding carboxylic acids is 2. The van der Waals surface area contributed by atoms with Crippen molar-refractivity contribution < 1.29 is 23.8 Å². The van der Waals surface area contributed by atoms with Crippen molar-refractivity contribution >= 4 is 28.5 Å². The van der Waals surface area contributed by atoms with Crippen molar-refractivity contribution in [2.45, 2.75) is 0 Å². The third-order valence-electron chi connectivity index (χ3n) is 3.88. The van der Waals surface area contributed by atoms with Crippen LogP contribution in [0.25, 0.3) is 16.6 Å². The maximum Gasteiger partial charge on any atom is 0.325 e. The molecule has 0 unspecified atom stereocenters. The zero-order valence-electron chi connectivity index (χ0n) is 15.0. The Hall–Kier alpha value is -4.19. The van der Waals surface area contributed by atoms with Crippen molar-refractivity contribution in [3.05, 3.63) is 71.5 Å². The van der Waals surface area contributed by atoms with Crippen molar-refractivity contribution in [3.63, 3.8) is 0 Å². The van der Waals surface area contributed by atoms with Gasteiger partial charge >= 0.3 is 5.97 Å². The van der Waals surface area contributed by atoms with Gasteiger partial charge in [-0.2, -0.15) is 5.26 Å². The monoisotopic (exact) mass is 394 g/mol. The van der Waals surface area contributed by atoms with Gasteiger partial charge in [-0.3, -0.25) is 9.59 Å². The first-order valence-corrected chi connectivity index (χ1v) is 8.44. The second kappa shape index (κ2) is 8.67. The number of esters is 1. The van der Waals surface area contributed by atoms with Crippen LogP contribution in [-0.4, -0.2) is 40.1 Å². The number of amides is 1. The highest BCUT2D eigenvalue weighted by atomic mass is 19.1. The van der Waals surface area contributed by atoms with E-state index in [1.54, 1.807) is 24.3 Å². The van der Waals surface area contributed by atoms with Crippen LogP contribution in [0.4, 0.5) is 4.39 Å². The second-order valence-electron chi connectivity index (χ2n) is 5.89. The molecule has 0 fully saturated rings. The molecule has 3 N–H and O–H groups in total. The van der Waals surface area contributed by atoms with Gasteiger partial charge in [-0.15, -0.1) is 0 Å². The van der Waals surface area contributed by atoms with Gasteiger partial charge in [0, 0.05) is 5.56 Å². The molecule has 2 aromatic carbocycles. The number of nitrogens with one attached hydrogen (secondary N) is 2. The first-order chi connectivity index (χ1) is 14.0. The van der Waals surface area contributed by atoms with E-state index in [1.165, 1.54) is 18.2 Å². The summed E-state index contributed by atoms with van der Waals surface area (Å²) in [5, 5.41) is 21.7. The number of aliphatic hydroxyl groups excluding tert-OH is 1. The number of imidazole rings is 1. The molecule has 1 amide bonds. The predicted octanol–water partition coefficient (Wildman–Crippen LogP) is 2.47. The molecule has 0 atom stereocenters. The van der Waals surface area contributed by atoms with Crippen LogP contribution in [0.2, 0.25) is 0 Å². The second-order valence-corrected chi connectivity index (χ2v) is 5.89. The van der Waals surface area contributed by atoms with Crippen molar-refractivity contribution in [2.75, 3.05) is 13.2 Å². The normalized spacial score (nSPS) is 11.4. The summed E-state index contributed by atoms with van der Waals surface area (Å²) in [7, 11) is 0. The van der Waals surface area contributed by atoms with Gasteiger partial charge in [0.05, 0.1) is 11.0 Å². The zero-order valence-corrected chi connectivity index (χ0v) is 15.0. The van der Waals surface area contributed by atoms with Gasteiger partial charge < -0.3 is 20.1 Å². The number of rotatable bonds is 6. The first-order valence-electron chi connectivity index (χ1n) is 8.44.